The lowest BCUT2D eigenvalue weighted by atomic mass is 10.1. The molecule has 0 saturated heterocycles. The van der Waals surface area contributed by atoms with E-state index in [1.165, 1.54) is 22.2 Å². The van der Waals surface area contributed by atoms with Crippen LogP contribution in [0, 0.1) is 0 Å². The van der Waals surface area contributed by atoms with Crippen molar-refractivity contribution in [1.82, 2.24) is 14.9 Å². The third kappa shape index (κ3) is 3.51. The van der Waals surface area contributed by atoms with Crippen molar-refractivity contribution in [3.8, 4) is 0 Å². The summed E-state index contributed by atoms with van der Waals surface area (Å²) in [5, 5.41) is 4.33. The molecule has 0 atom stereocenters. The summed E-state index contributed by atoms with van der Waals surface area (Å²) in [5.74, 6) is -0.0493. The van der Waals surface area contributed by atoms with Gasteiger partial charge in [-0.15, -0.1) is 23.7 Å². The summed E-state index contributed by atoms with van der Waals surface area (Å²) in [5.41, 5.74) is 1.51. The molecule has 0 fully saturated rings. The largest absolute Gasteiger partial charge is 0.316 e. The van der Waals surface area contributed by atoms with E-state index in [2.05, 4.69) is 10.3 Å². The topological polar surface area (TPSA) is 64.0 Å². The standard InChI is InChI=1S/C18H17N3O2S.ClH/c22-15(17-9-12-3-1-2-4-16(12)24-17)10-21-11-20-14-6-8-19-7-5-13(14)18(21)23;/h1-4,9,11,19H,5-8,10H2;1H. The molecule has 2 aromatic heterocycles. The second kappa shape index (κ2) is 7.47. The maximum absolute atomic E-state index is 12.7. The van der Waals surface area contributed by atoms with Crippen molar-refractivity contribution in [3.63, 3.8) is 0 Å². The number of hydrogen-bond acceptors (Lipinski definition) is 5. The highest BCUT2D eigenvalue weighted by Crippen LogP contribution is 2.25. The van der Waals surface area contributed by atoms with Crippen LogP contribution in [0.5, 0.6) is 0 Å². The van der Waals surface area contributed by atoms with E-state index < -0.39 is 0 Å². The summed E-state index contributed by atoms with van der Waals surface area (Å²) in [6.07, 6.45) is 2.94. The molecule has 0 spiro atoms. The number of benzene rings is 1. The second-order valence-electron chi connectivity index (χ2n) is 5.92. The minimum Gasteiger partial charge on any atom is -0.316 e. The lowest BCUT2D eigenvalue weighted by molar-refractivity contribution is 0.0974. The van der Waals surface area contributed by atoms with Crippen molar-refractivity contribution in [2.24, 2.45) is 0 Å². The summed E-state index contributed by atoms with van der Waals surface area (Å²) in [6.45, 7) is 1.65. The minimum absolute atomic E-state index is 0. The van der Waals surface area contributed by atoms with Gasteiger partial charge in [0.05, 0.1) is 23.4 Å². The van der Waals surface area contributed by atoms with E-state index in [1.807, 2.05) is 30.3 Å². The molecule has 1 N–H and O–H groups in total. The fraction of sp³-hybridized carbons (Fsp3) is 0.278. The summed E-state index contributed by atoms with van der Waals surface area (Å²) < 4.78 is 2.52. The molecule has 3 heterocycles. The third-order valence-electron chi connectivity index (χ3n) is 4.32. The van der Waals surface area contributed by atoms with Crippen LogP contribution in [-0.2, 0) is 19.4 Å². The zero-order valence-corrected chi connectivity index (χ0v) is 15.2. The van der Waals surface area contributed by atoms with E-state index in [1.54, 1.807) is 0 Å². The van der Waals surface area contributed by atoms with E-state index in [-0.39, 0.29) is 30.3 Å². The molecule has 0 aliphatic carbocycles. The average Bonchev–Trinajstić information content (AvgIpc) is 2.88. The Morgan fingerprint density at radius 2 is 2.04 bits per heavy atom. The number of thiophene rings is 1. The Hall–Kier alpha value is -2.02. The quantitative estimate of drug-likeness (QED) is 0.714. The first kappa shape index (κ1) is 17.8. The van der Waals surface area contributed by atoms with Gasteiger partial charge < -0.3 is 5.32 Å². The lowest BCUT2D eigenvalue weighted by Crippen LogP contribution is -2.29. The predicted octanol–water partition coefficient (Wildman–Crippen LogP) is 2.45. The molecule has 0 amide bonds. The fourth-order valence-corrected chi connectivity index (χ4v) is 4.04. The monoisotopic (exact) mass is 375 g/mol. The van der Waals surface area contributed by atoms with Gasteiger partial charge in [-0.25, -0.2) is 4.98 Å². The Balaban J connectivity index is 0.00000182. The highest BCUT2D eigenvalue weighted by Gasteiger charge is 2.17. The minimum atomic E-state index is -0.0850. The molecule has 5 nitrogen and oxygen atoms in total. The summed E-state index contributed by atoms with van der Waals surface area (Å²) in [7, 11) is 0. The second-order valence-corrected chi connectivity index (χ2v) is 7.01. The number of rotatable bonds is 3. The van der Waals surface area contributed by atoms with Gasteiger partial charge in [0.1, 0.15) is 0 Å². The Morgan fingerprint density at radius 3 is 2.88 bits per heavy atom. The van der Waals surface area contributed by atoms with Crippen molar-refractivity contribution in [2.75, 3.05) is 13.1 Å². The lowest BCUT2D eigenvalue weighted by Gasteiger charge is -2.08. The van der Waals surface area contributed by atoms with Gasteiger partial charge in [0, 0.05) is 23.2 Å². The van der Waals surface area contributed by atoms with E-state index in [9.17, 15) is 9.59 Å². The molecule has 3 aromatic rings. The van der Waals surface area contributed by atoms with Crippen LogP contribution in [0.2, 0.25) is 0 Å². The van der Waals surface area contributed by atoms with Gasteiger partial charge >= 0.3 is 0 Å². The van der Waals surface area contributed by atoms with Crippen LogP contribution in [0.3, 0.4) is 0 Å². The van der Waals surface area contributed by atoms with Gasteiger partial charge in [0.15, 0.2) is 5.78 Å². The molecule has 0 radical (unpaired) electrons. The molecule has 25 heavy (non-hydrogen) atoms. The number of carbonyl (C=O) groups excluding carboxylic acids is 1. The average molecular weight is 376 g/mol. The molecule has 1 aromatic carbocycles. The van der Waals surface area contributed by atoms with Crippen LogP contribution in [0.1, 0.15) is 20.9 Å². The zero-order chi connectivity index (χ0) is 16.5. The molecule has 1 aliphatic heterocycles. The first-order valence-corrected chi connectivity index (χ1v) is 8.84. The van der Waals surface area contributed by atoms with E-state index in [0.29, 0.717) is 11.3 Å². The number of halogens is 1. The maximum atomic E-state index is 12.7. The van der Waals surface area contributed by atoms with Crippen LogP contribution in [0.25, 0.3) is 10.1 Å². The Labute approximate surface area is 155 Å². The van der Waals surface area contributed by atoms with Gasteiger partial charge in [0.2, 0.25) is 0 Å². The van der Waals surface area contributed by atoms with Crippen LogP contribution >= 0.6 is 23.7 Å². The van der Waals surface area contributed by atoms with Gasteiger partial charge in [-0.1, -0.05) is 18.2 Å². The highest BCUT2D eigenvalue weighted by atomic mass is 35.5. The number of Topliss-reactive ketones (excluding diaryl/α,β-unsaturated/α-hetero) is 1. The maximum Gasteiger partial charge on any atom is 0.257 e. The number of fused-ring (bicyclic) bond motifs is 2. The Bertz CT molecular complexity index is 947. The molecule has 1 aliphatic rings. The first-order chi connectivity index (χ1) is 11.7. The number of aromatic nitrogens is 2. The molecule has 0 saturated carbocycles. The number of ketones is 1. The Kier molecular flexibility index (Phi) is 5.32. The van der Waals surface area contributed by atoms with Crippen LogP contribution < -0.4 is 10.9 Å². The summed E-state index contributed by atoms with van der Waals surface area (Å²) >= 11 is 1.47. The van der Waals surface area contributed by atoms with Gasteiger partial charge in [-0.2, -0.15) is 0 Å². The fourth-order valence-electron chi connectivity index (χ4n) is 3.04. The molecule has 130 valence electrons. The first-order valence-electron chi connectivity index (χ1n) is 8.02. The normalized spacial score (nSPS) is 13.8. The molecular formula is C18H18ClN3O2S. The van der Waals surface area contributed by atoms with Crippen molar-refractivity contribution >= 4 is 39.6 Å². The molecule has 4 rings (SSSR count). The van der Waals surface area contributed by atoms with E-state index in [4.69, 9.17) is 0 Å². The summed E-state index contributed by atoms with van der Waals surface area (Å²) in [6, 6.07) is 9.81. The van der Waals surface area contributed by atoms with Crippen molar-refractivity contribution in [2.45, 2.75) is 19.4 Å². The van der Waals surface area contributed by atoms with Crippen LogP contribution in [0.4, 0.5) is 0 Å². The number of hydrogen-bond donors (Lipinski definition) is 1. The number of nitrogens with zero attached hydrogens (tertiary/aromatic N) is 2. The highest BCUT2D eigenvalue weighted by molar-refractivity contribution is 7.20. The van der Waals surface area contributed by atoms with Crippen LogP contribution in [0.15, 0.2) is 41.5 Å². The summed E-state index contributed by atoms with van der Waals surface area (Å²) in [4.78, 5) is 30.3. The van der Waals surface area contributed by atoms with Gasteiger partial charge in [0.25, 0.3) is 5.56 Å². The molecule has 0 bridgehead atoms. The van der Waals surface area contributed by atoms with Crippen LogP contribution in [-0.4, -0.2) is 28.4 Å². The van der Waals surface area contributed by atoms with Crippen molar-refractivity contribution < 1.29 is 4.79 Å². The number of carbonyl (C=O) groups is 1. The Morgan fingerprint density at radius 1 is 1.24 bits per heavy atom. The van der Waals surface area contributed by atoms with Crippen molar-refractivity contribution in [3.05, 3.63) is 63.1 Å². The molecular weight excluding hydrogens is 358 g/mol. The zero-order valence-electron chi connectivity index (χ0n) is 13.5. The number of nitrogens with one attached hydrogen (secondary N) is 1. The molecule has 7 heteroatoms. The third-order valence-corrected chi connectivity index (χ3v) is 5.48. The van der Waals surface area contributed by atoms with E-state index in [0.717, 1.165) is 40.9 Å². The smallest absolute Gasteiger partial charge is 0.257 e. The van der Waals surface area contributed by atoms with E-state index >= 15 is 0 Å². The van der Waals surface area contributed by atoms with Gasteiger partial charge in [-0.3, -0.25) is 14.2 Å². The molecule has 0 unspecified atom stereocenters. The SMILES string of the molecule is Cl.O=C(Cn1cnc2c(c1=O)CCNCC2)c1cc2ccccc2s1. The van der Waals surface area contributed by atoms with Gasteiger partial charge in [-0.05, 0) is 30.5 Å². The predicted molar refractivity (Wildman–Crippen MR) is 102 cm³/mol. The van der Waals surface area contributed by atoms with Crippen molar-refractivity contribution in [1.29, 1.82) is 0 Å².